The second-order valence-corrected chi connectivity index (χ2v) is 3.87. The van der Waals surface area contributed by atoms with Gasteiger partial charge in [0.25, 0.3) is 0 Å². The highest BCUT2D eigenvalue weighted by atomic mass is 16.1. The number of rotatable bonds is 0. The van der Waals surface area contributed by atoms with Crippen LogP contribution in [0.25, 0.3) is 16.6 Å². The zero-order chi connectivity index (χ0) is 11.3. The molecule has 0 unspecified atom stereocenters. The van der Waals surface area contributed by atoms with Crippen molar-refractivity contribution in [1.82, 2.24) is 19.6 Å². The van der Waals surface area contributed by atoms with Gasteiger partial charge in [0.05, 0.1) is 5.52 Å². The van der Waals surface area contributed by atoms with Gasteiger partial charge >= 0.3 is 5.69 Å². The summed E-state index contributed by atoms with van der Waals surface area (Å²) in [5.74, 6) is 0.597. The Balaban J connectivity index is 2.65. The fourth-order valence-electron chi connectivity index (χ4n) is 1.85. The van der Waals surface area contributed by atoms with Crippen molar-refractivity contribution in [2.75, 3.05) is 0 Å². The van der Waals surface area contributed by atoms with Crippen LogP contribution in [0.2, 0.25) is 0 Å². The Bertz CT molecular complexity index is 754. The average Bonchev–Trinajstić information content (AvgIpc) is 2.62. The Morgan fingerprint density at radius 1 is 1.31 bits per heavy atom. The monoisotopic (exact) mass is 214 g/mol. The summed E-state index contributed by atoms with van der Waals surface area (Å²) >= 11 is 0. The number of hydrogen-bond donors (Lipinski definition) is 1. The fourth-order valence-corrected chi connectivity index (χ4v) is 1.85. The van der Waals surface area contributed by atoms with Gasteiger partial charge in [-0.15, -0.1) is 5.10 Å². The van der Waals surface area contributed by atoms with E-state index in [1.807, 2.05) is 25.1 Å². The first-order chi connectivity index (χ1) is 7.65. The molecule has 3 aromatic rings. The first-order valence-corrected chi connectivity index (χ1v) is 5.01. The minimum atomic E-state index is -0.257. The van der Waals surface area contributed by atoms with E-state index in [1.165, 1.54) is 4.52 Å². The Kier molecular flexibility index (Phi) is 1.65. The molecule has 16 heavy (non-hydrogen) atoms. The normalized spacial score (nSPS) is 11.4. The van der Waals surface area contributed by atoms with Crippen molar-refractivity contribution < 1.29 is 0 Å². The van der Waals surface area contributed by atoms with Gasteiger partial charge in [-0.2, -0.15) is 4.52 Å². The second kappa shape index (κ2) is 2.91. The SMILES string of the molecule is Cc1ccc2[nH]c(=O)n3nc(C)nc3c2c1. The van der Waals surface area contributed by atoms with Crippen molar-refractivity contribution in [3.05, 3.63) is 40.1 Å². The zero-order valence-corrected chi connectivity index (χ0v) is 8.98. The molecule has 2 aromatic heterocycles. The van der Waals surface area contributed by atoms with Crippen LogP contribution in [0.5, 0.6) is 0 Å². The predicted octanol–water partition coefficient (Wildman–Crippen LogP) is 1.19. The van der Waals surface area contributed by atoms with Gasteiger partial charge in [0.1, 0.15) is 5.82 Å². The molecule has 0 fully saturated rings. The van der Waals surface area contributed by atoms with Crippen LogP contribution >= 0.6 is 0 Å². The lowest BCUT2D eigenvalue weighted by Gasteiger charge is -2.00. The maximum Gasteiger partial charge on any atom is 0.348 e. The minimum Gasteiger partial charge on any atom is -0.305 e. The van der Waals surface area contributed by atoms with E-state index in [0.29, 0.717) is 11.5 Å². The molecule has 0 radical (unpaired) electrons. The van der Waals surface area contributed by atoms with E-state index in [0.717, 1.165) is 16.5 Å². The highest BCUT2D eigenvalue weighted by molar-refractivity contribution is 5.91. The molecule has 2 heterocycles. The third-order valence-electron chi connectivity index (χ3n) is 2.56. The third kappa shape index (κ3) is 1.14. The highest BCUT2D eigenvalue weighted by Crippen LogP contribution is 2.16. The Hall–Kier alpha value is -2.17. The molecule has 3 rings (SSSR count). The number of nitrogens with one attached hydrogen (secondary N) is 1. The van der Waals surface area contributed by atoms with Gasteiger partial charge < -0.3 is 4.98 Å². The van der Waals surface area contributed by atoms with Crippen molar-refractivity contribution in [1.29, 1.82) is 0 Å². The number of H-pyrrole nitrogens is 1. The summed E-state index contributed by atoms with van der Waals surface area (Å²) in [5, 5.41) is 4.97. The van der Waals surface area contributed by atoms with Gasteiger partial charge in [0.2, 0.25) is 0 Å². The standard InChI is InChI=1S/C11H10N4O/c1-6-3-4-9-8(5-6)10-12-7(2)14-15(10)11(16)13-9/h3-5H,1-2H3,(H,13,16). The largest absolute Gasteiger partial charge is 0.348 e. The smallest absolute Gasteiger partial charge is 0.305 e. The lowest BCUT2D eigenvalue weighted by atomic mass is 10.2. The quantitative estimate of drug-likeness (QED) is 0.611. The van der Waals surface area contributed by atoms with Crippen LogP contribution in [-0.4, -0.2) is 19.6 Å². The lowest BCUT2D eigenvalue weighted by Crippen LogP contribution is -2.17. The minimum absolute atomic E-state index is 0.257. The van der Waals surface area contributed by atoms with E-state index in [2.05, 4.69) is 15.1 Å². The first kappa shape index (κ1) is 9.08. The molecule has 1 aromatic carbocycles. The molecule has 0 atom stereocenters. The summed E-state index contributed by atoms with van der Waals surface area (Å²) in [6.07, 6.45) is 0. The van der Waals surface area contributed by atoms with E-state index in [4.69, 9.17) is 0 Å². The third-order valence-corrected chi connectivity index (χ3v) is 2.56. The topological polar surface area (TPSA) is 63.0 Å². The number of aromatic nitrogens is 4. The Labute approximate surface area is 90.8 Å². The summed E-state index contributed by atoms with van der Waals surface area (Å²) in [4.78, 5) is 18.7. The number of aromatic amines is 1. The molecule has 0 saturated heterocycles. The Morgan fingerprint density at radius 2 is 2.12 bits per heavy atom. The van der Waals surface area contributed by atoms with Gasteiger partial charge in [-0.25, -0.2) is 9.78 Å². The number of nitrogens with zero attached hydrogens (tertiary/aromatic N) is 3. The number of aryl methyl sites for hydroxylation is 2. The summed E-state index contributed by atoms with van der Waals surface area (Å²) in [6, 6.07) is 5.84. The number of benzene rings is 1. The van der Waals surface area contributed by atoms with E-state index < -0.39 is 0 Å². The average molecular weight is 214 g/mol. The summed E-state index contributed by atoms with van der Waals surface area (Å²) in [5.41, 5.74) is 2.27. The maximum atomic E-state index is 11.7. The molecule has 0 spiro atoms. The van der Waals surface area contributed by atoms with Crippen molar-refractivity contribution >= 4 is 16.6 Å². The van der Waals surface area contributed by atoms with Crippen LogP contribution in [0, 0.1) is 13.8 Å². The van der Waals surface area contributed by atoms with Gasteiger partial charge in [0.15, 0.2) is 5.65 Å². The van der Waals surface area contributed by atoms with Gasteiger partial charge in [-0.05, 0) is 26.0 Å². The molecule has 80 valence electrons. The lowest BCUT2D eigenvalue weighted by molar-refractivity contribution is 0.863. The molecule has 1 N–H and O–H groups in total. The summed E-state index contributed by atoms with van der Waals surface area (Å²) < 4.78 is 1.30. The molecule has 5 nitrogen and oxygen atoms in total. The summed E-state index contributed by atoms with van der Waals surface area (Å²) in [6.45, 7) is 3.78. The van der Waals surface area contributed by atoms with Crippen LogP contribution in [0.15, 0.2) is 23.0 Å². The molecule has 0 amide bonds. The van der Waals surface area contributed by atoms with Crippen molar-refractivity contribution in [3.8, 4) is 0 Å². The number of hydrogen-bond acceptors (Lipinski definition) is 3. The van der Waals surface area contributed by atoms with E-state index >= 15 is 0 Å². The first-order valence-electron chi connectivity index (χ1n) is 5.01. The molecular weight excluding hydrogens is 204 g/mol. The van der Waals surface area contributed by atoms with Crippen LogP contribution in [-0.2, 0) is 0 Å². The van der Waals surface area contributed by atoms with E-state index in [1.54, 1.807) is 6.92 Å². The highest BCUT2D eigenvalue weighted by Gasteiger charge is 2.08. The molecule has 0 saturated carbocycles. The van der Waals surface area contributed by atoms with Crippen LogP contribution in [0.1, 0.15) is 11.4 Å². The molecule has 0 bridgehead atoms. The van der Waals surface area contributed by atoms with Crippen LogP contribution in [0.3, 0.4) is 0 Å². The zero-order valence-electron chi connectivity index (χ0n) is 8.98. The molecule has 0 aliphatic rings. The fraction of sp³-hybridized carbons (Fsp3) is 0.182. The van der Waals surface area contributed by atoms with Gasteiger partial charge in [-0.1, -0.05) is 11.6 Å². The van der Waals surface area contributed by atoms with Crippen molar-refractivity contribution in [2.24, 2.45) is 0 Å². The molecule has 5 heteroatoms. The number of fused-ring (bicyclic) bond motifs is 3. The Morgan fingerprint density at radius 3 is 2.94 bits per heavy atom. The molecular formula is C11H10N4O. The second-order valence-electron chi connectivity index (χ2n) is 3.87. The predicted molar refractivity (Wildman–Crippen MR) is 60.6 cm³/mol. The maximum absolute atomic E-state index is 11.7. The summed E-state index contributed by atoms with van der Waals surface area (Å²) in [7, 11) is 0. The van der Waals surface area contributed by atoms with Gasteiger partial charge in [0, 0.05) is 5.39 Å². The van der Waals surface area contributed by atoms with Gasteiger partial charge in [-0.3, -0.25) is 0 Å². The van der Waals surface area contributed by atoms with E-state index in [-0.39, 0.29) is 5.69 Å². The molecule has 0 aliphatic heterocycles. The van der Waals surface area contributed by atoms with Crippen molar-refractivity contribution in [2.45, 2.75) is 13.8 Å². The van der Waals surface area contributed by atoms with Crippen molar-refractivity contribution in [3.63, 3.8) is 0 Å². The van der Waals surface area contributed by atoms with E-state index in [9.17, 15) is 4.79 Å². The molecule has 0 aliphatic carbocycles. The van der Waals surface area contributed by atoms with Crippen LogP contribution in [0.4, 0.5) is 0 Å². The van der Waals surface area contributed by atoms with Crippen LogP contribution < -0.4 is 5.69 Å².